The minimum absolute atomic E-state index is 0.0997. The number of nitrogens with two attached hydrogens (primary N) is 1. The minimum atomic E-state index is -1.09. The van der Waals surface area contributed by atoms with Gasteiger partial charge in [-0.05, 0) is 0 Å². The van der Waals surface area contributed by atoms with E-state index in [0.717, 1.165) is 0 Å². The standard InChI is InChI=1S/C9H13N3O4/c1-15-7-5(3-6(10)8(13)14)4-11-9(12-7)16-2/h4,6H,3,10H2,1-2H3,(H,13,14). The van der Waals surface area contributed by atoms with Crippen LogP contribution in [0.1, 0.15) is 5.56 Å². The molecule has 88 valence electrons. The number of carboxylic acids is 1. The van der Waals surface area contributed by atoms with E-state index in [1.807, 2.05) is 0 Å². The average molecular weight is 227 g/mol. The Labute approximate surface area is 92.2 Å². The Hall–Kier alpha value is -1.89. The van der Waals surface area contributed by atoms with Gasteiger partial charge in [0.2, 0.25) is 5.88 Å². The third kappa shape index (κ3) is 2.80. The van der Waals surface area contributed by atoms with Crippen molar-refractivity contribution in [3.8, 4) is 11.9 Å². The summed E-state index contributed by atoms with van der Waals surface area (Å²) < 4.78 is 9.80. The van der Waals surface area contributed by atoms with E-state index in [1.54, 1.807) is 0 Å². The normalized spacial score (nSPS) is 11.9. The number of nitrogens with zero attached hydrogens (tertiary/aromatic N) is 2. The second kappa shape index (κ2) is 5.26. The Morgan fingerprint density at radius 3 is 2.75 bits per heavy atom. The summed E-state index contributed by atoms with van der Waals surface area (Å²) in [6.07, 6.45) is 1.54. The van der Waals surface area contributed by atoms with Crippen LogP contribution in [0.4, 0.5) is 0 Å². The molecule has 0 aromatic carbocycles. The molecule has 1 aromatic rings. The summed E-state index contributed by atoms with van der Waals surface area (Å²) in [5.41, 5.74) is 5.93. The molecule has 0 aliphatic carbocycles. The Balaban J connectivity index is 2.91. The number of rotatable bonds is 5. The van der Waals surface area contributed by atoms with E-state index in [4.69, 9.17) is 20.3 Å². The van der Waals surface area contributed by atoms with Gasteiger partial charge in [0.15, 0.2) is 0 Å². The number of carboxylic acid groups (broad SMARTS) is 1. The van der Waals surface area contributed by atoms with Gasteiger partial charge >= 0.3 is 12.0 Å². The molecule has 1 heterocycles. The first kappa shape index (κ1) is 12.2. The van der Waals surface area contributed by atoms with Gasteiger partial charge in [-0.15, -0.1) is 0 Å². The maximum Gasteiger partial charge on any atom is 0.320 e. The van der Waals surface area contributed by atoms with Gasteiger partial charge in [0.1, 0.15) is 6.04 Å². The van der Waals surface area contributed by atoms with Crippen LogP contribution >= 0.6 is 0 Å². The van der Waals surface area contributed by atoms with Gasteiger partial charge in [-0.25, -0.2) is 4.98 Å². The highest BCUT2D eigenvalue weighted by molar-refractivity contribution is 5.73. The highest BCUT2D eigenvalue weighted by Gasteiger charge is 2.16. The van der Waals surface area contributed by atoms with Crippen LogP contribution in [-0.4, -0.2) is 41.3 Å². The fourth-order valence-electron chi connectivity index (χ4n) is 1.12. The number of hydrogen-bond acceptors (Lipinski definition) is 6. The summed E-state index contributed by atoms with van der Waals surface area (Å²) in [5, 5.41) is 8.68. The zero-order valence-electron chi connectivity index (χ0n) is 9.01. The van der Waals surface area contributed by atoms with Gasteiger partial charge < -0.3 is 20.3 Å². The van der Waals surface area contributed by atoms with Crippen LogP contribution in [0, 0.1) is 0 Å². The van der Waals surface area contributed by atoms with Gasteiger partial charge in [0, 0.05) is 18.2 Å². The second-order valence-electron chi connectivity index (χ2n) is 3.04. The smallest absolute Gasteiger partial charge is 0.320 e. The lowest BCUT2D eigenvalue weighted by Crippen LogP contribution is -2.32. The number of methoxy groups -OCH3 is 2. The Morgan fingerprint density at radius 1 is 1.56 bits per heavy atom. The summed E-state index contributed by atoms with van der Waals surface area (Å²) in [4.78, 5) is 18.4. The van der Waals surface area contributed by atoms with Gasteiger partial charge in [-0.3, -0.25) is 4.79 Å². The van der Waals surface area contributed by atoms with Crippen LogP contribution in [0.25, 0.3) is 0 Å². The highest BCUT2D eigenvalue weighted by Crippen LogP contribution is 2.18. The average Bonchev–Trinajstić information content (AvgIpc) is 2.29. The molecule has 0 radical (unpaired) electrons. The van der Waals surface area contributed by atoms with E-state index in [2.05, 4.69) is 9.97 Å². The van der Waals surface area contributed by atoms with Crippen molar-refractivity contribution in [1.82, 2.24) is 9.97 Å². The molecule has 0 aliphatic heterocycles. The van der Waals surface area contributed by atoms with E-state index in [9.17, 15) is 4.79 Å². The first-order chi connectivity index (χ1) is 7.58. The predicted octanol–water partition coefficient (Wildman–Crippen LogP) is -0.552. The summed E-state index contributed by atoms with van der Waals surface area (Å²) in [7, 11) is 2.86. The third-order valence-electron chi connectivity index (χ3n) is 1.94. The van der Waals surface area contributed by atoms with Crippen LogP contribution in [0.2, 0.25) is 0 Å². The van der Waals surface area contributed by atoms with E-state index in [1.165, 1.54) is 20.4 Å². The zero-order chi connectivity index (χ0) is 12.1. The van der Waals surface area contributed by atoms with Gasteiger partial charge in [-0.1, -0.05) is 0 Å². The Kier molecular flexibility index (Phi) is 4.01. The molecule has 3 N–H and O–H groups in total. The molecular weight excluding hydrogens is 214 g/mol. The number of aromatic nitrogens is 2. The third-order valence-corrected chi connectivity index (χ3v) is 1.94. The van der Waals surface area contributed by atoms with Crippen molar-refractivity contribution < 1.29 is 19.4 Å². The summed E-state index contributed by atoms with van der Waals surface area (Å²) >= 11 is 0. The zero-order valence-corrected chi connectivity index (χ0v) is 9.01. The maximum atomic E-state index is 10.6. The number of ether oxygens (including phenoxy) is 2. The van der Waals surface area contributed by atoms with Crippen molar-refractivity contribution in [2.75, 3.05) is 14.2 Å². The fourth-order valence-corrected chi connectivity index (χ4v) is 1.12. The molecule has 1 atom stereocenters. The van der Waals surface area contributed by atoms with Crippen LogP contribution < -0.4 is 15.2 Å². The number of hydrogen-bond donors (Lipinski definition) is 2. The predicted molar refractivity (Wildman–Crippen MR) is 54.5 cm³/mol. The van der Waals surface area contributed by atoms with Crippen molar-refractivity contribution in [2.24, 2.45) is 5.73 Å². The maximum absolute atomic E-state index is 10.6. The monoisotopic (exact) mass is 227 g/mol. The number of carbonyl (C=O) groups is 1. The summed E-state index contributed by atoms with van der Waals surface area (Å²) in [5.74, 6) is -0.818. The molecule has 16 heavy (non-hydrogen) atoms. The molecule has 7 nitrogen and oxygen atoms in total. The van der Waals surface area contributed by atoms with Crippen molar-refractivity contribution in [1.29, 1.82) is 0 Å². The van der Waals surface area contributed by atoms with Gasteiger partial charge in [-0.2, -0.15) is 4.98 Å². The lowest BCUT2D eigenvalue weighted by molar-refractivity contribution is -0.138. The molecule has 1 rings (SSSR count). The highest BCUT2D eigenvalue weighted by atomic mass is 16.5. The van der Waals surface area contributed by atoms with E-state index in [-0.39, 0.29) is 18.3 Å². The van der Waals surface area contributed by atoms with Crippen molar-refractivity contribution in [3.05, 3.63) is 11.8 Å². The molecule has 1 unspecified atom stereocenters. The minimum Gasteiger partial charge on any atom is -0.481 e. The number of aliphatic carboxylic acids is 1. The second-order valence-corrected chi connectivity index (χ2v) is 3.04. The Bertz CT molecular complexity index is 383. The van der Waals surface area contributed by atoms with Crippen LogP contribution in [0.3, 0.4) is 0 Å². The fraction of sp³-hybridized carbons (Fsp3) is 0.444. The SMILES string of the molecule is COc1ncc(CC(N)C(=O)O)c(OC)n1. The molecular formula is C9H13N3O4. The van der Waals surface area contributed by atoms with E-state index >= 15 is 0 Å². The van der Waals surface area contributed by atoms with Crippen LogP contribution in [0.15, 0.2) is 6.20 Å². The van der Waals surface area contributed by atoms with E-state index < -0.39 is 12.0 Å². The quantitative estimate of drug-likeness (QED) is 0.694. The summed E-state index contributed by atoms with van der Waals surface area (Å²) in [6.45, 7) is 0. The van der Waals surface area contributed by atoms with E-state index in [0.29, 0.717) is 5.56 Å². The molecule has 0 fully saturated rings. The molecule has 0 saturated heterocycles. The van der Waals surface area contributed by atoms with Gasteiger partial charge in [0.25, 0.3) is 0 Å². The van der Waals surface area contributed by atoms with Crippen LogP contribution in [-0.2, 0) is 11.2 Å². The van der Waals surface area contributed by atoms with Gasteiger partial charge in [0.05, 0.1) is 14.2 Å². The van der Waals surface area contributed by atoms with Crippen molar-refractivity contribution in [2.45, 2.75) is 12.5 Å². The molecule has 0 bridgehead atoms. The molecule has 0 spiro atoms. The van der Waals surface area contributed by atoms with Crippen molar-refractivity contribution >= 4 is 5.97 Å². The molecule has 7 heteroatoms. The lowest BCUT2D eigenvalue weighted by atomic mass is 10.1. The molecule has 0 amide bonds. The summed E-state index contributed by atoms with van der Waals surface area (Å²) in [6, 6.07) is -0.851. The Morgan fingerprint density at radius 2 is 2.25 bits per heavy atom. The molecule has 0 aliphatic rings. The lowest BCUT2D eigenvalue weighted by Gasteiger charge is -2.10. The topological polar surface area (TPSA) is 108 Å². The largest absolute Gasteiger partial charge is 0.481 e. The molecule has 0 saturated carbocycles. The molecule has 1 aromatic heterocycles. The van der Waals surface area contributed by atoms with Crippen molar-refractivity contribution in [3.63, 3.8) is 0 Å². The first-order valence-electron chi connectivity index (χ1n) is 4.50. The van der Waals surface area contributed by atoms with Crippen LogP contribution in [0.5, 0.6) is 11.9 Å². The first-order valence-corrected chi connectivity index (χ1v) is 4.50.